The molecule has 4 rings (SSSR count). The summed E-state index contributed by atoms with van der Waals surface area (Å²) in [4.78, 5) is 39.0. The van der Waals surface area contributed by atoms with E-state index in [1.54, 1.807) is 6.20 Å². The van der Waals surface area contributed by atoms with E-state index in [1.807, 2.05) is 17.2 Å². The van der Waals surface area contributed by atoms with E-state index in [9.17, 15) is 9.59 Å². The Morgan fingerprint density at radius 1 is 1.37 bits per heavy atom. The summed E-state index contributed by atoms with van der Waals surface area (Å²) in [5, 5.41) is 6.62. The van der Waals surface area contributed by atoms with Crippen LogP contribution in [0, 0.1) is 0 Å². The molecule has 0 atom stereocenters. The second-order valence-electron chi connectivity index (χ2n) is 6.32. The minimum absolute atomic E-state index is 0.00158. The number of aryl methyl sites for hydroxylation is 1. The van der Waals surface area contributed by atoms with E-state index in [-0.39, 0.29) is 17.4 Å². The van der Waals surface area contributed by atoms with Gasteiger partial charge in [0.2, 0.25) is 0 Å². The fourth-order valence-electron chi connectivity index (χ4n) is 3.23. The summed E-state index contributed by atoms with van der Waals surface area (Å²) in [7, 11) is 0. The molecule has 0 bridgehead atoms. The highest BCUT2D eigenvalue weighted by Crippen LogP contribution is 2.28. The van der Waals surface area contributed by atoms with Crippen molar-refractivity contribution >= 4 is 28.8 Å². The molecule has 0 aromatic carbocycles. The Labute approximate surface area is 163 Å². The maximum atomic E-state index is 12.7. The topological polar surface area (TPSA) is 105 Å². The average molecular weight is 403 g/mol. The van der Waals surface area contributed by atoms with Gasteiger partial charge in [0.25, 0.3) is 11.5 Å². The third-order valence-corrected chi connectivity index (χ3v) is 6.22. The fraction of sp³-hybridized carbons (Fsp3) is 0.412. The molecule has 1 fully saturated rings. The Balaban J connectivity index is 1.48. The van der Waals surface area contributed by atoms with Crippen molar-refractivity contribution in [2.24, 2.45) is 0 Å². The molecule has 0 aliphatic carbocycles. The molecule has 140 valence electrons. The van der Waals surface area contributed by atoms with E-state index < -0.39 is 0 Å². The first-order chi connectivity index (χ1) is 13.2. The summed E-state index contributed by atoms with van der Waals surface area (Å²) in [6.45, 7) is 3.21. The maximum absolute atomic E-state index is 12.7. The van der Waals surface area contributed by atoms with Crippen molar-refractivity contribution in [1.29, 1.82) is 0 Å². The maximum Gasteiger partial charge on any atom is 0.267 e. The van der Waals surface area contributed by atoms with Gasteiger partial charge < -0.3 is 9.88 Å². The lowest BCUT2D eigenvalue weighted by Gasteiger charge is -2.31. The SMILES string of the molecule is CCc1nnsc1C(=O)N1CCC(c2nc(-c3nccs3)cc(=O)[nH]2)CC1. The van der Waals surface area contributed by atoms with Crippen molar-refractivity contribution in [3.05, 3.63) is 44.4 Å². The number of nitrogens with one attached hydrogen (secondary N) is 1. The second-order valence-corrected chi connectivity index (χ2v) is 7.97. The smallest absolute Gasteiger partial charge is 0.267 e. The van der Waals surface area contributed by atoms with Crippen LogP contribution in [0.25, 0.3) is 10.7 Å². The monoisotopic (exact) mass is 402 g/mol. The van der Waals surface area contributed by atoms with Crippen LogP contribution in [-0.4, -0.2) is 48.4 Å². The first-order valence-electron chi connectivity index (χ1n) is 8.77. The van der Waals surface area contributed by atoms with Crippen molar-refractivity contribution in [2.45, 2.75) is 32.1 Å². The quantitative estimate of drug-likeness (QED) is 0.718. The van der Waals surface area contributed by atoms with Crippen molar-refractivity contribution in [1.82, 2.24) is 29.4 Å². The predicted molar refractivity (Wildman–Crippen MR) is 103 cm³/mol. The molecule has 0 unspecified atom stereocenters. The van der Waals surface area contributed by atoms with Gasteiger partial charge in [0.1, 0.15) is 21.4 Å². The largest absolute Gasteiger partial charge is 0.338 e. The lowest BCUT2D eigenvalue weighted by atomic mass is 9.95. The molecular weight excluding hydrogens is 384 g/mol. The van der Waals surface area contributed by atoms with Gasteiger partial charge in [0.05, 0.1) is 5.69 Å². The number of aromatic amines is 1. The Hall–Kier alpha value is -2.46. The number of hydrogen-bond acceptors (Lipinski definition) is 8. The molecule has 3 aromatic heterocycles. The van der Waals surface area contributed by atoms with Gasteiger partial charge >= 0.3 is 0 Å². The third kappa shape index (κ3) is 3.67. The van der Waals surface area contributed by atoms with Gasteiger partial charge in [-0.05, 0) is 30.8 Å². The number of thiazole rings is 1. The first-order valence-corrected chi connectivity index (χ1v) is 10.4. The van der Waals surface area contributed by atoms with E-state index in [0.717, 1.165) is 35.1 Å². The predicted octanol–water partition coefficient (Wildman–Crippen LogP) is 2.33. The van der Waals surface area contributed by atoms with Crippen LogP contribution in [-0.2, 0) is 6.42 Å². The zero-order chi connectivity index (χ0) is 18.8. The number of H-pyrrole nitrogens is 1. The molecule has 1 aliphatic rings. The fourth-order valence-corrected chi connectivity index (χ4v) is 4.55. The number of piperidine rings is 1. The van der Waals surface area contributed by atoms with Crippen LogP contribution in [0.3, 0.4) is 0 Å². The van der Waals surface area contributed by atoms with Crippen LogP contribution in [0.1, 0.15) is 46.9 Å². The van der Waals surface area contributed by atoms with Gasteiger partial charge in [-0.2, -0.15) is 0 Å². The Morgan fingerprint density at radius 3 is 2.89 bits per heavy atom. The number of carbonyl (C=O) groups is 1. The van der Waals surface area contributed by atoms with Gasteiger partial charge in [0, 0.05) is 36.7 Å². The van der Waals surface area contributed by atoms with E-state index in [0.29, 0.717) is 35.9 Å². The lowest BCUT2D eigenvalue weighted by Crippen LogP contribution is -2.38. The minimum Gasteiger partial charge on any atom is -0.338 e. The molecule has 1 N–H and O–H groups in total. The molecule has 0 spiro atoms. The van der Waals surface area contributed by atoms with E-state index in [4.69, 9.17) is 0 Å². The normalized spacial score (nSPS) is 15.2. The average Bonchev–Trinajstić information content (AvgIpc) is 3.38. The van der Waals surface area contributed by atoms with Crippen LogP contribution in [0.15, 0.2) is 22.4 Å². The Kier molecular flexibility index (Phi) is 5.08. The molecule has 3 aromatic rings. The number of likely N-dealkylation sites (tertiary alicyclic amines) is 1. The van der Waals surface area contributed by atoms with E-state index in [1.165, 1.54) is 17.4 Å². The number of amides is 1. The number of rotatable bonds is 4. The highest BCUT2D eigenvalue weighted by Gasteiger charge is 2.28. The highest BCUT2D eigenvalue weighted by atomic mass is 32.1. The molecule has 1 amide bonds. The summed E-state index contributed by atoms with van der Waals surface area (Å²) in [6.07, 6.45) is 3.90. The van der Waals surface area contributed by atoms with Gasteiger partial charge in [-0.15, -0.1) is 16.4 Å². The molecule has 10 heteroatoms. The standard InChI is InChI=1S/C17H18N6O2S2/c1-2-11-14(27-22-21-11)17(25)23-6-3-10(4-7-23)15-19-12(9-13(24)20-15)16-18-5-8-26-16/h5,8-10H,2-4,6-7H2,1H3,(H,19,20,24). The van der Waals surface area contributed by atoms with Crippen LogP contribution in [0.2, 0.25) is 0 Å². The second kappa shape index (κ2) is 7.65. The molecule has 0 radical (unpaired) electrons. The molecule has 0 saturated carbocycles. The lowest BCUT2D eigenvalue weighted by molar-refractivity contribution is 0.0714. The van der Waals surface area contributed by atoms with Crippen LogP contribution in [0.5, 0.6) is 0 Å². The Morgan fingerprint density at radius 2 is 2.19 bits per heavy atom. The van der Waals surface area contributed by atoms with Crippen molar-refractivity contribution in [3.8, 4) is 10.7 Å². The van der Waals surface area contributed by atoms with Crippen LogP contribution in [0.4, 0.5) is 0 Å². The third-order valence-electron chi connectivity index (χ3n) is 4.67. The summed E-state index contributed by atoms with van der Waals surface area (Å²) in [5.41, 5.74) is 1.19. The first kappa shape index (κ1) is 17.9. The van der Waals surface area contributed by atoms with Crippen molar-refractivity contribution < 1.29 is 4.79 Å². The van der Waals surface area contributed by atoms with Crippen molar-refractivity contribution in [3.63, 3.8) is 0 Å². The molecule has 8 nitrogen and oxygen atoms in total. The molecule has 4 heterocycles. The Bertz CT molecular complexity index is 989. The number of carbonyl (C=O) groups excluding carboxylic acids is 1. The molecule has 1 saturated heterocycles. The van der Waals surface area contributed by atoms with Crippen LogP contribution < -0.4 is 5.56 Å². The van der Waals surface area contributed by atoms with Gasteiger partial charge in [-0.1, -0.05) is 11.4 Å². The highest BCUT2D eigenvalue weighted by molar-refractivity contribution is 7.13. The number of hydrogen-bond donors (Lipinski definition) is 1. The van der Waals surface area contributed by atoms with Gasteiger partial charge in [-0.3, -0.25) is 9.59 Å². The zero-order valence-corrected chi connectivity index (χ0v) is 16.3. The summed E-state index contributed by atoms with van der Waals surface area (Å²) in [5.74, 6) is 0.790. The van der Waals surface area contributed by atoms with E-state index >= 15 is 0 Å². The molecular formula is C17H18N6O2S2. The van der Waals surface area contributed by atoms with Gasteiger partial charge in [-0.25, -0.2) is 9.97 Å². The number of nitrogens with zero attached hydrogens (tertiary/aromatic N) is 5. The van der Waals surface area contributed by atoms with Crippen molar-refractivity contribution in [2.75, 3.05) is 13.1 Å². The zero-order valence-electron chi connectivity index (χ0n) is 14.7. The minimum atomic E-state index is -0.174. The molecule has 27 heavy (non-hydrogen) atoms. The summed E-state index contributed by atoms with van der Waals surface area (Å²) in [6, 6.07) is 1.48. The summed E-state index contributed by atoms with van der Waals surface area (Å²) >= 11 is 2.61. The molecule has 1 aliphatic heterocycles. The van der Waals surface area contributed by atoms with Gasteiger partial charge in [0.15, 0.2) is 0 Å². The summed E-state index contributed by atoms with van der Waals surface area (Å²) < 4.78 is 3.90. The van der Waals surface area contributed by atoms with E-state index in [2.05, 4.69) is 24.5 Å². The van der Waals surface area contributed by atoms with Crippen LogP contribution >= 0.6 is 22.9 Å². The number of aromatic nitrogens is 5.